The number of aryl methyl sites for hydroxylation is 1. The molecular weight excluding hydrogens is 380 g/mol. The van der Waals surface area contributed by atoms with Gasteiger partial charge in [-0.3, -0.25) is 9.59 Å². The van der Waals surface area contributed by atoms with Gasteiger partial charge in [0.15, 0.2) is 0 Å². The molecule has 2 aliphatic heterocycles. The zero-order chi connectivity index (χ0) is 20.7. The molecule has 1 N–H and O–H groups in total. The number of nitrogens with zero attached hydrogens (tertiary/aromatic N) is 3. The number of furan rings is 1. The lowest BCUT2D eigenvalue weighted by atomic mass is 9.81. The lowest BCUT2D eigenvalue weighted by Crippen LogP contribution is -2.59. The van der Waals surface area contributed by atoms with Gasteiger partial charge >= 0.3 is 0 Å². The van der Waals surface area contributed by atoms with Crippen LogP contribution in [0.4, 0.5) is 0 Å². The van der Waals surface area contributed by atoms with Crippen LogP contribution in [0.5, 0.6) is 0 Å². The zero-order valence-electron chi connectivity index (χ0n) is 17.1. The molecule has 2 saturated heterocycles. The van der Waals surface area contributed by atoms with Crippen LogP contribution in [0.1, 0.15) is 48.3 Å². The van der Waals surface area contributed by atoms with E-state index in [4.69, 9.17) is 4.42 Å². The van der Waals surface area contributed by atoms with Crippen molar-refractivity contribution >= 4 is 22.8 Å². The van der Waals surface area contributed by atoms with Gasteiger partial charge in [-0.25, -0.2) is 4.98 Å². The van der Waals surface area contributed by atoms with Crippen LogP contribution in [-0.2, 0) is 11.3 Å². The van der Waals surface area contributed by atoms with E-state index in [-0.39, 0.29) is 36.5 Å². The standard InChI is InChI=1S/C23H26N4O3/c1-15-24-20-7-2-3-8-21(20)26(15)13-22(28)25-17-11-18-5-4-6-19(12-17)27(18)23(29)16-9-10-30-14-16/h2-3,7-10,14,17-19H,4-6,11-13H2,1H3,(H,25,28)/t17?,18-,19+. The third-order valence-corrected chi connectivity index (χ3v) is 6.49. The first-order chi connectivity index (χ1) is 14.6. The summed E-state index contributed by atoms with van der Waals surface area (Å²) >= 11 is 0. The molecule has 2 bridgehead atoms. The normalized spacial score (nSPS) is 23.5. The third-order valence-electron chi connectivity index (χ3n) is 6.49. The molecule has 0 spiro atoms. The quantitative estimate of drug-likeness (QED) is 0.721. The molecule has 1 aromatic carbocycles. The fourth-order valence-corrected chi connectivity index (χ4v) is 5.18. The summed E-state index contributed by atoms with van der Waals surface area (Å²) in [4.78, 5) is 32.4. The monoisotopic (exact) mass is 406 g/mol. The second-order valence-corrected chi connectivity index (χ2v) is 8.43. The summed E-state index contributed by atoms with van der Waals surface area (Å²) in [5, 5.41) is 3.23. The summed E-state index contributed by atoms with van der Waals surface area (Å²) < 4.78 is 7.06. The van der Waals surface area contributed by atoms with Crippen molar-refractivity contribution in [3.8, 4) is 0 Å². The molecule has 0 radical (unpaired) electrons. The van der Waals surface area contributed by atoms with Gasteiger partial charge in [-0.1, -0.05) is 12.1 Å². The predicted molar refractivity (Wildman–Crippen MR) is 112 cm³/mol. The van der Waals surface area contributed by atoms with Crippen LogP contribution in [-0.4, -0.2) is 44.4 Å². The molecule has 0 aliphatic carbocycles. The van der Waals surface area contributed by atoms with Crippen molar-refractivity contribution in [2.45, 2.75) is 63.7 Å². The van der Waals surface area contributed by atoms with Crippen LogP contribution in [0.15, 0.2) is 47.3 Å². The summed E-state index contributed by atoms with van der Waals surface area (Å²) in [5.41, 5.74) is 2.49. The number of rotatable bonds is 4. The Kier molecular flexibility index (Phi) is 4.81. The van der Waals surface area contributed by atoms with Gasteiger partial charge in [0.25, 0.3) is 5.91 Å². The van der Waals surface area contributed by atoms with E-state index in [1.165, 1.54) is 12.5 Å². The lowest BCUT2D eigenvalue weighted by molar-refractivity contribution is -0.123. The SMILES string of the molecule is Cc1nc2ccccc2n1CC(=O)NC1C[C@H]2CCC[C@@H](C1)N2C(=O)c1ccoc1. The Morgan fingerprint density at radius 3 is 2.67 bits per heavy atom. The van der Waals surface area contributed by atoms with Gasteiger partial charge in [0.05, 0.1) is 22.9 Å². The number of benzene rings is 1. The van der Waals surface area contributed by atoms with Gasteiger partial charge in [0.1, 0.15) is 18.6 Å². The van der Waals surface area contributed by atoms with Gasteiger partial charge in [0.2, 0.25) is 5.91 Å². The fourth-order valence-electron chi connectivity index (χ4n) is 5.18. The maximum absolute atomic E-state index is 12.9. The van der Waals surface area contributed by atoms with Crippen molar-refractivity contribution in [3.63, 3.8) is 0 Å². The highest BCUT2D eigenvalue weighted by Gasteiger charge is 2.41. The third kappa shape index (κ3) is 3.38. The molecule has 5 rings (SSSR count). The molecule has 2 aromatic heterocycles. The smallest absolute Gasteiger partial charge is 0.257 e. The highest BCUT2D eigenvalue weighted by Crippen LogP contribution is 2.35. The van der Waals surface area contributed by atoms with Crippen LogP contribution in [0.25, 0.3) is 11.0 Å². The molecule has 1 unspecified atom stereocenters. The Hall–Kier alpha value is -3.09. The fraction of sp³-hybridized carbons (Fsp3) is 0.435. The number of fused-ring (bicyclic) bond motifs is 3. The van der Waals surface area contributed by atoms with E-state index < -0.39 is 0 Å². The van der Waals surface area contributed by atoms with Crippen LogP contribution in [0.2, 0.25) is 0 Å². The molecule has 3 atom stereocenters. The number of hydrogen-bond donors (Lipinski definition) is 1. The summed E-state index contributed by atoms with van der Waals surface area (Å²) in [5.74, 6) is 0.881. The number of carbonyl (C=O) groups is 2. The zero-order valence-corrected chi connectivity index (χ0v) is 17.1. The second kappa shape index (κ2) is 7.63. The van der Waals surface area contributed by atoms with Crippen molar-refractivity contribution in [2.24, 2.45) is 0 Å². The summed E-state index contributed by atoms with van der Waals surface area (Å²) in [6.07, 6.45) is 7.76. The second-order valence-electron chi connectivity index (χ2n) is 8.43. The van der Waals surface area contributed by atoms with Crippen LogP contribution in [0.3, 0.4) is 0 Å². The van der Waals surface area contributed by atoms with Gasteiger partial charge in [-0.2, -0.15) is 0 Å². The molecule has 7 nitrogen and oxygen atoms in total. The van der Waals surface area contributed by atoms with Crippen molar-refractivity contribution < 1.29 is 14.0 Å². The van der Waals surface area contributed by atoms with Crippen molar-refractivity contribution in [1.82, 2.24) is 19.8 Å². The minimum absolute atomic E-state index is 0.000984. The van der Waals surface area contributed by atoms with Crippen LogP contribution >= 0.6 is 0 Å². The Labute approximate surface area is 175 Å². The van der Waals surface area contributed by atoms with Gasteiger partial charge in [0, 0.05) is 18.1 Å². The minimum atomic E-state index is -0.000984. The van der Waals surface area contributed by atoms with E-state index in [9.17, 15) is 9.59 Å². The number of carbonyl (C=O) groups excluding carboxylic acids is 2. The summed E-state index contributed by atoms with van der Waals surface area (Å²) in [6, 6.07) is 10.0. The van der Waals surface area contributed by atoms with Crippen molar-refractivity contribution in [2.75, 3.05) is 0 Å². The first-order valence-corrected chi connectivity index (χ1v) is 10.7. The number of hydrogen-bond acceptors (Lipinski definition) is 4. The molecule has 7 heteroatoms. The summed E-state index contributed by atoms with van der Waals surface area (Å²) in [7, 11) is 0. The maximum Gasteiger partial charge on any atom is 0.257 e. The Bertz CT molecular complexity index is 1060. The molecule has 2 amide bonds. The van der Waals surface area contributed by atoms with E-state index in [0.29, 0.717) is 5.56 Å². The molecule has 2 fully saturated rings. The molecule has 30 heavy (non-hydrogen) atoms. The van der Waals surface area contributed by atoms with E-state index in [0.717, 1.165) is 49.0 Å². The number of imidazole rings is 1. The maximum atomic E-state index is 12.9. The van der Waals surface area contributed by atoms with Crippen molar-refractivity contribution in [3.05, 3.63) is 54.2 Å². The Balaban J connectivity index is 1.27. The van der Waals surface area contributed by atoms with Crippen LogP contribution < -0.4 is 5.32 Å². The number of amides is 2. The number of piperidine rings is 2. The first kappa shape index (κ1) is 18.9. The van der Waals surface area contributed by atoms with E-state index in [1.807, 2.05) is 40.7 Å². The Morgan fingerprint density at radius 2 is 1.93 bits per heavy atom. The molecule has 0 saturated carbocycles. The largest absolute Gasteiger partial charge is 0.472 e. The number of aromatic nitrogens is 2. The average molecular weight is 406 g/mol. The molecule has 4 heterocycles. The molecule has 156 valence electrons. The molecule has 2 aliphatic rings. The Morgan fingerprint density at radius 1 is 1.17 bits per heavy atom. The highest BCUT2D eigenvalue weighted by atomic mass is 16.3. The van der Waals surface area contributed by atoms with E-state index in [1.54, 1.807) is 6.07 Å². The van der Waals surface area contributed by atoms with Crippen molar-refractivity contribution in [1.29, 1.82) is 0 Å². The summed E-state index contributed by atoms with van der Waals surface area (Å²) in [6.45, 7) is 2.19. The van der Waals surface area contributed by atoms with Gasteiger partial charge in [-0.15, -0.1) is 0 Å². The first-order valence-electron chi connectivity index (χ1n) is 10.7. The average Bonchev–Trinajstić information content (AvgIpc) is 3.36. The van der Waals surface area contributed by atoms with Gasteiger partial charge < -0.3 is 19.2 Å². The van der Waals surface area contributed by atoms with Crippen LogP contribution in [0, 0.1) is 6.92 Å². The minimum Gasteiger partial charge on any atom is -0.472 e. The predicted octanol–water partition coefficient (Wildman–Crippen LogP) is 3.28. The van der Waals surface area contributed by atoms with Gasteiger partial charge in [-0.05, 0) is 57.2 Å². The van der Waals surface area contributed by atoms with E-state index in [2.05, 4.69) is 10.3 Å². The number of nitrogens with one attached hydrogen (secondary N) is 1. The lowest BCUT2D eigenvalue weighted by Gasteiger charge is -2.48. The van der Waals surface area contributed by atoms with E-state index >= 15 is 0 Å². The number of para-hydroxylation sites is 2. The highest BCUT2D eigenvalue weighted by molar-refractivity contribution is 5.94. The molecule has 3 aromatic rings. The topological polar surface area (TPSA) is 80.4 Å². The molecular formula is C23H26N4O3.